The average molecular weight is 438 g/mol. The average Bonchev–Trinajstić information content (AvgIpc) is 2.44. The van der Waals surface area contributed by atoms with Gasteiger partial charge in [-0.15, -0.1) is 0 Å². The van der Waals surface area contributed by atoms with Crippen molar-refractivity contribution in [3.05, 3.63) is 21.1 Å². The molecule has 1 aliphatic rings. The second-order valence-electron chi connectivity index (χ2n) is 7.24. The molecule has 0 unspecified atom stereocenters. The second kappa shape index (κ2) is 5.55. The zero-order valence-corrected chi connectivity index (χ0v) is 17.7. The number of benzene rings is 1. The maximum Gasteiger partial charge on any atom is 0.494 e. The van der Waals surface area contributed by atoms with Gasteiger partial charge in [-0.2, -0.15) is 0 Å². The summed E-state index contributed by atoms with van der Waals surface area (Å²) in [5.74, 6) is 0. The molecule has 0 N–H and O–H groups in total. The molecule has 118 valence electrons. The van der Waals surface area contributed by atoms with Crippen LogP contribution in [0, 0.1) is 0 Å². The van der Waals surface area contributed by atoms with Gasteiger partial charge < -0.3 is 9.31 Å². The van der Waals surface area contributed by atoms with Gasteiger partial charge in [0.1, 0.15) is 0 Å². The molecule has 21 heavy (non-hydrogen) atoms. The summed E-state index contributed by atoms with van der Waals surface area (Å²) in [4.78, 5) is 1.34. The molecule has 1 aromatic rings. The van der Waals surface area contributed by atoms with E-state index in [-0.39, 0.29) is 18.3 Å². The fraction of sp³-hybridized carbons (Fsp3) is 0.600. The summed E-state index contributed by atoms with van der Waals surface area (Å²) in [6.45, 7) is 8.30. The van der Waals surface area contributed by atoms with Crippen LogP contribution in [0.4, 0.5) is 0 Å². The number of halogens is 2. The van der Waals surface area contributed by atoms with Crippen LogP contribution in [0.3, 0.4) is 0 Å². The Hall–Kier alpha value is 0.515. The van der Waals surface area contributed by atoms with E-state index in [0.29, 0.717) is 0 Å². The predicted molar refractivity (Wildman–Crippen MR) is 101 cm³/mol. The molecule has 1 heterocycles. The third-order valence-corrected chi connectivity index (χ3v) is 7.60. The first-order chi connectivity index (χ1) is 9.35. The Morgan fingerprint density at radius 3 is 1.62 bits per heavy atom. The van der Waals surface area contributed by atoms with Crippen molar-refractivity contribution < 1.29 is 9.31 Å². The van der Waals surface area contributed by atoms with E-state index in [0.717, 1.165) is 14.4 Å². The zero-order valence-electron chi connectivity index (χ0n) is 13.7. The van der Waals surface area contributed by atoms with Crippen LogP contribution >= 0.6 is 41.9 Å². The molecule has 1 aromatic carbocycles. The highest BCUT2D eigenvalue weighted by Gasteiger charge is 2.51. The van der Waals surface area contributed by atoms with E-state index < -0.39 is 10.0 Å². The van der Waals surface area contributed by atoms with Crippen molar-refractivity contribution in [2.24, 2.45) is 0 Å². The van der Waals surface area contributed by atoms with Crippen molar-refractivity contribution in [2.45, 2.75) is 43.8 Å². The lowest BCUT2D eigenvalue weighted by Crippen LogP contribution is -2.41. The minimum Gasteiger partial charge on any atom is -0.399 e. The normalized spacial score (nSPS) is 21.7. The van der Waals surface area contributed by atoms with Crippen molar-refractivity contribution in [1.29, 1.82) is 0 Å². The third-order valence-electron chi connectivity index (χ3n) is 4.16. The summed E-state index contributed by atoms with van der Waals surface area (Å²) >= 11 is 7.44. The van der Waals surface area contributed by atoms with Crippen LogP contribution in [0.25, 0.3) is 0 Å². The molecule has 6 heteroatoms. The SMILES string of the molecule is CC1(C)OB(c2cc(Br)c(S(C)(C)C)c(Br)c2)OC1(C)C. The van der Waals surface area contributed by atoms with Crippen molar-refractivity contribution in [3.8, 4) is 0 Å². The van der Waals surface area contributed by atoms with Gasteiger partial charge in [0.2, 0.25) is 0 Å². The summed E-state index contributed by atoms with van der Waals surface area (Å²) in [5.41, 5.74) is 0.412. The summed E-state index contributed by atoms with van der Waals surface area (Å²) in [7, 11) is -1.15. The molecule has 0 atom stereocenters. The molecule has 0 radical (unpaired) electrons. The van der Waals surface area contributed by atoms with Crippen molar-refractivity contribution in [1.82, 2.24) is 0 Å². The maximum atomic E-state index is 6.13. The third kappa shape index (κ3) is 3.39. The topological polar surface area (TPSA) is 18.5 Å². The monoisotopic (exact) mass is 436 g/mol. The highest BCUT2D eigenvalue weighted by molar-refractivity contribution is 9.11. The lowest BCUT2D eigenvalue weighted by atomic mass is 9.79. The highest BCUT2D eigenvalue weighted by Crippen LogP contribution is 2.52. The molecule has 2 nitrogen and oxygen atoms in total. The van der Waals surface area contributed by atoms with Gasteiger partial charge in [0, 0.05) is 13.8 Å². The van der Waals surface area contributed by atoms with E-state index in [2.05, 4.69) is 90.5 Å². The van der Waals surface area contributed by atoms with Crippen LogP contribution in [0.2, 0.25) is 0 Å². The summed E-state index contributed by atoms with van der Waals surface area (Å²) in [6.07, 6.45) is 6.85. The van der Waals surface area contributed by atoms with E-state index >= 15 is 0 Å². The summed E-state index contributed by atoms with van der Waals surface area (Å²) in [5, 5.41) is 0. The molecule has 1 fully saturated rings. The van der Waals surface area contributed by atoms with E-state index in [9.17, 15) is 0 Å². The molecular weight excluding hydrogens is 415 g/mol. The molecule has 1 saturated heterocycles. The van der Waals surface area contributed by atoms with E-state index in [4.69, 9.17) is 9.31 Å². The predicted octanol–water partition coefficient (Wildman–Crippen LogP) is 4.56. The molecular formula is C15H23BBr2O2S. The fourth-order valence-electron chi connectivity index (χ4n) is 2.28. The lowest BCUT2D eigenvalue weighted by molar-refractivity contribution is 0.00578. The first-order valence-electron chi connectivity index (χ1n) is 6.88. The molecule has 2 rings (SSSR count). The van der Waals surface area contributed by atoms with Gasteiger partial charge in [0.15, 0.2) is 0 Å². The minimum absolute atomic E-state index is 0.315. The molecule has 0 saturated carbocycles. The molecule has 0 aromatic heterocycles. The van der Waals surface area contributed by atoms with Gasteiger partial charge >= 0.3 is 7.12 Å². The van der Waals surface area contributed by atoms with E-state index in [1.54, 1.807) is 0 Å². The van der Waals surface area contributed by atoms with Crippen LogP contribution in [-0.2, 0) is 9.31 Å². The Bertz CT molecular complexity index is 528. The second-order valence-corrected chi connectivity index (χ2v) is 13.0. The number of hydrogen-bond donors (Lipinski definition) is 0. The van der Waals surface area contributed by atoms with Gasteiger partial charge in [-0.1, -0.05) is 0 Å². The van der Waals surface area contributed by atoms with Gasteiger partial charge in [-0.3, -0.25) is 0 Å². The van der Waals surface area contributed by atoms with Gasteiger partial charge in [0.05, 0.1) is 11.2 Å². The fourth-order valence-corrected chi connectivity index (χ4v) is 7.70. The number of hydrogen-bond acceptors (Lipinski definition) is 2. The molecule has 0 aliphatic carbocycles. The lowest BCUT2D eigenvalue weighted by Gasteiger charge is -2.32. The molecule has 0 spiro atoms. The van der Waals surface area contributed by atoms with Crippen LogP contribution in [0.5, 0.6) is 0 Å². The Labute approximate surface area is 147 Å². The Balaban J connectivity index is 2.41. The summed E-state index contributed by atoms with van der Waals surface area (Å²) in [6, 6.07) is 4.25. The first kappa shape index (κ1) is 17.9. The van der Waals surface area contributed by atoms with E-state index in [1.165, 1.54) is 4.90 Å². The smallest absolute Gasteiger partial charge is 0.399 e. The zero-order chi connectivity index (χ0) is 16.2. The Morgan fingerprint density at radius 2 is 1.29 bits per heavy atom. The van der Waals surface area contributed by atoms with Gasteiger partial charge in [0.25, 0.3) is 0 Å². The number of rotatable bonds is 2. The van der Waals surface area contributed by atoms with Crippen LogP contribution in [0.15, 0.2) is 26.0 Å². The van der Waals surface area contributed by atoms with Gasteiger partial charge in [-0.05, 0) is 95.9 Å². The van der Waals surface area contributed by atoms with Crippen LogP contribution in [-0.4, -0.2) is 37.1 Å². The highest BCUT2D eigenvalue weighted by atomic mass is 79.9. The van der Waals surface area contributed by atoms with Crippen LogP contribution < -0.4 is 5.46 Å². The maximum absolute atomic E-state index is 6.13. The van der Waals surface area contributed by atoms with E-state index in [1.807, 2.05) is 0 Å². The first-order valence-corrected chi connectivity index (χ1v) is 11.3. The molecule has 0 amide bonds. The van der Waals surface area contributed by atoms with Crippen molar-refractivity contribution in [2.75, 3.05) is 18.8 Å². The Morgan fingerprint density at radius 1 is 0.905 bits per heavy atom. The standard InChI is InChI=1S/C15H23BBr2O2S/c1-14(2)15(3,4)20-16(19-14)10-8-11(17)13(12(18)9-10)21(5,6)7/h8-9H,1-7H3. The largest absolute Gasteiger partial charge is 0.494 e. The van der Waals surface area contributed by atoms with Crippen LogP contribution in [0.1, 0.15) is 27.7 Å². The summed E-state index contributed by atoms with van der Waals surface area (Å²) < 4.78 is 14.5. The minimum atomic E-state index is -0.826. The quantitative estimate of drug-likeness (QED) is 0.631. The molecule has 1 aliphatic heterocycles. The van der Waals surface area contributed by atoms with Crippen molar-refractivity contribution in [3.63, 3.8) is 0 Å². The molecule has 0 bridgehead atoms. The Kier molecular flexibility index (Phi) is 4.72. The van der Waals surface area contributed by atoms with Gasteiger partial charge in [-0.25, -0.2) is 10.0 Å². The van der Waals surface area contributed by atoms with Crippen molar-refractivity contribution >= 4 is 54.5 Å².